The van der Waals surface area contributed by atoms with Crippen LogP contribution in [-0.4, -0.2) is 64.7 Å². The van der Waals surface area contributed by atoms with Crippen LogP contribution in [0.15, 0.2) is 47.1 Å². The predicted octanol–water partition coefficient (Wildman–Crippen LogP) is 4.92. The second kappa shape index (κ2) is 11.2. The minimum Gasteiger partial charge on any atom is -0.462 e. The summed E-state index contributed by atoms with van der Waals surface area (Å²) in [6.45, 7) is 10.6. The van der Waals surface area contributed by atoms with Gasteiger partial charge in [-0.3, -0.25) is 4.79 Å². The Bertz CT molecular complexity index is 1060. The maximum absolute atomic E-state index is 13.9. The van der Waals surface area contributed by atoms with Gasteiger partial charge in [-0.25, -0.2) is 0 Å². The quantitative estimate of drug-likeness (QED) is 0.359. The van der Waals surface area contributed by atoms with E-state index in [4.69, 9.17) is 18.9 Å². The van der Waals surface area contributed by atoms with Gasteiger partial charge in [0.15, 0.2) is 5.79 Å². The Morgan fingerprint density at radius 2 is 1.95 bits per heavy atom. The Morgan fingerprint density at radius 3 is 2.72 bits per heavy atom. The van der Waals surface area contributed by atoms with Crippen molar-refractivity contribution in [3.63, 3.8) is 0 Å². The molecule has 0 saturated carbocycles. The molecule has 0 aromatic heterocycles. The highest BCUT2D eigenvalue weighted by atomic mass is 16.7. The van der Waals surface area contributed by atoms with Crippen molar-refractivity contribution >= 4 is 5.97 Å². The number of carbonyl (C=O) groups is 1. The third-order valence-electron chi connectivity index (χ3n) is 9.50. The number of ether oxygens (including phenoxy) is 4. The first-order valence-corrected chi connectivity index (χ1v) is 14.8. The summed E-state index contributed by atoms with van der Waals surface area (Å²) in [5.41, 5.74) is 0.788. The Labute approximate surface area is 232 Å². The van der Waals surface area contributed by atoms with E-state index in [0.717, 1.165) is 32.1 Å². The van der Waals surface area contributed by atoms with Crippen molar-refractivity contribution in [1.29, 1.82) is 0 Å². The van der Waals surface area contributed by atoms with Crippen LogP contribution in [0.5, 0.6) is 0 Å². The number of aliphatic hydroxyl groups excluding tert-OH is 1. The van der Waals surface area contributed by atoms with Gasteiger partial charge in [0.25, 0.3) is 0 Å². The standard InChI is InChI=1S/C32H46O7/c1-6-27-21(4)12-13-31(39-27)17-25-16-24(38-31)11-10-20(3)14-19(2)8-7-9-23-18-36-29-28(33)22(5)15-26(30(34)37-25)32(23,29)35/h7-10,15,19,21,24-29,33,35H,6,11-14,16-18H2,1-5H3/b8-7+,20-10+,23-9-/t19-,21-,24-,25-,26-,27+,28+,29-,31+,32-/m0/s1. The van der Waals surface area contributed by atoms with Crippen LogP contribution in [0, 0.1) is 17.8 Å². The average molecular weight is 543 g/mol. The maximum Gasteiger partial charge on any atom is 0.316 e. The summed E-state index contributed by atoms with van der Waals surface area (Å²) in [6.07, 6.45) is 12.8. The largest absolute Gasteiger partial charge is 0.462 e. The number of aliphatic hydroxyl groups is 2. The van der Waals surface area contributed by atoms with Crippen molar-refractivity contribution in [1.82, 2.24) is 0 Å². The molecule has 2 N–H and O–H groups in total. The van der Waals surface area contributed by atoms with Gasteiger partial charge in [-0.2, -0.15) is 0 Å². The lowest BCUT2D eigenvalue weighted by atomic mass is 9.71. The number of carbonyl (C=O) groups excluding carboxylic acids is 1. The highest BCUT2D eigenvalue weighted by molar-refractivity contribution is 5.78. The van der Waals surface area contributed by atoms with Gasteiger partial charge in [0.05, 0.1) is 18.8 Å². The molecule has 0 unspecified atom stereocenters. The Hall–Kier alpha value is -1.77. The molecule has 216 valence electrons. The minimum atomic E-state index is -1.68. The molecule has 0 amide bonds. The summed E-state index contributed by atoms with van der Waals surface area (Å²) in [5, 5.41) is 22.9. The highest BCUT2D eigenvalue weighted by Crippen LogP contribution is 2.47. The fraction of sp³-hybridized carbons (Fsp3) is 0.719. The molecule has 5 aliphatic rings. The second-order valence-corrected chi connectivity index (χ2v) is 12.7. The zero-order valence-corrected chi connectivity index (χ0v) is 24.1. The lowest BCUT2D eigenvalue weighted by Crippen LogP contribution is -2.58. The van der Waals surface area contributed by atoms with Crippen LogP contribution in [0.4, 0.5) is 0 Å². The van der Waals surface area contributed by atoms with E-state index in [1.807, 2.05) is 12.2 Å². The summed E-state index contributed by atoms with van der Waals surface area (Å²) in [5.74, 6) is -1.52. The second-order valence-electron chi connectivity index (χ2n) is 12.7. The summed E-state index contributed by atoms with van der Waals surface area (Å²) in [7, 11) is 0. The van der Waals surface area contributed by atoms with Crippen molar-refractivity contribution in [3.05, 3.63) is 47.1 Å². The SMILES string of the molecule is CC[C@H]1O[C@]2(CC[C@@H]1C)C[C@@H]1C[C@H](C/C=C(\C)C[C@@H](C)/C=C/C=C3/CO[C@H]4[C@H](O)C(C)=C[C@@H](C(=O)O1)[C@@]34O)O2. The molecule has 0 radical (unpaired) electrons. The van der Waals surface area contributed by atoms with Gasteiger partial charge in [-0.05, 0) is 62.5 Å². The number of hydrogen-bond donors (Lipinski definition) is 2. The van der Waals surface area contributed by atoms with Gasteiger partial charge in [0.1, 0.15) is 29.8 Å². The monoisotopic (exact) mass is 542 g/mol. The van der Waals surface area contributed by atoms with E-state index >= 15 is 0 Å². The molecule has 2 bridgehead atoms. The van der Waals surface area contributed by atoms with Crippen LogP contribution in [-0.2, 0) is 23.7 Å². The van der Waals surface area contributed by atoms with Crippen molar-refractivity contribution in [2.24, 2.45) is 17.8 Å². The third-order valence-corrected chi connectivity index (χ3v) is 9.50. The van der Waals surface area contributed by atoms with Crippen LogP contribution in [0.2, 0.25) is 0 Å². The molecule has 39 heavy (non-hydrogen) atoms. The lowest BCUT2D eigenvalue weighted by Gasteiger charge is -2.50. The number of allylic oxidation sites excluding steroid dienone is 4. The Morgan fingerprint density at radius 1 is 1.15 bits per heavy atom. The van der Waals surface area contributed by atoms with Gasteiger partial charge >= 0.3 is 5.97 Å². The first-order valence-electron chi connectivity index (χ1n) is 14.8. The van der Waals surface area contributed by atoms with E-state index in [1.165, 1.54) is 5.57 Å². The van der Waals surface area contributed by atoms with Crippen molar-refractivity contribution in [2.75, 3.05) is 6.61 Å². The summed E-state index contributed by atoms with van der Waals surface area (Å²) < 4.78 is 25.4. The smallest absolute Gasteiger partial charge is 0.316 e. The Kier molecular flexibility index (Phi) is 8.29. The fourth-order valence-electron chi connectivity index (χ4n) is 7.23. The van der Waals surface area contributed by atoms with E-state index < -0.39 is 41.6 Å². The molecule has 3 fully saturated rings. The molecule has 4 heterocycles. The molecule has 7 nitrogen and oxygen atoms in total. The van der Waals surface area contributed by atoms with Crippen LogP contribution in [0.1, 0.15) is 79.6 Å². The molecular formula is C32H46O7. The van der Waals surface area contributed by atoms with E-state index in [0.29, 0.717) is 35.8 Å². The summed E-state index contributed by atoms with van der Waals surface area (Å²) >= 11 is 0. The highest BCUT2D eigenvalue weighted by Gasteiger charge is 2.60. The first kappa shape index (κ1) is 28.7. The predicted molar refractivity (Wildman–Crippen MR) is 148 cm³/mol. The molecule has 10 atom stereocenters. The topological polar surface area (TPSA) is 94.5 Å². The molecule has 1 aliphatic carbocycles. The molecule has 3 saturated heterocycles. The maximum atomic E-state index is 13.9. The van der Waals surface area contributed by atoms with E-state index in [9.17, 15) is 15.0 Å². The zero-order valence-electron chi connectivity index (χ0n) is 24.1. The molecule has 1 spiro atoms. The Balaban J connectivity index is 1.51. The summed E-state index contributed by atoms with van der Waals surface area (Å²) in [4.78, 5) is 13.9. The zero-order chi connectivity index (χ0) is 27.9. The first-order chi connectivity index (χ1) is 18.5. The fourth-order valence-corrected chi connectivity index (χ4v) is 7.23. The molecule has 7 heteroatoms. The average Bonchev–Trinajstić information content (AvgIpc) is 3.23. The van der Waals surface area contributed by atoms with Gasteiger partial charge < -0.3 is 29.2 Å². The number of rotatable bonds is 1. The molecule has 5 rings (SSSR count). The van der Waals surface area contributed by atoms with Crippen molar-refractivity contribution in [2.45, 2.75) is 121 Å². The van der Waals surface area contributed by atoms with Crippen LogP contribution < -0.4 is 0 Å². The van der Waals surface area contributed by atoms with E-state index in [-0.39, 0.29) is 18.8 Å². The van der Waals surface area contributed by atoms with Gasteiger partial charge in [-0.1, -0.05) is 56.7 Å². The number of hydrogen-bond acceptors (Lipinski definition) is 7. The van der Waals surface area contributed by atoms with Gasteiger partial charge in [0, 0.05) is 19.3 Å². The van der Waals surface area contributed by atoms with Crippen LogP contribution >= 0.6 is 0 Å². The van der Waals surface area contributed by atoms with Gasteiger partial charge in [0.2, 0.25) is 0 Å². The van der Waals surface area contributed by atoms with Crippen LogP contribution in [0.3, 0.4) is 0 Å². The number of fused-ring (bicyclic) bond motifs is 2. The molecular weight excluding hydrogens is 496 g/mol. The lowest BCUT2D eigenvalue weighted by molar-refractivity contribution is -0.335. The molecule has 4 aliphatic heterocycles. The summed E-state index contributed by atoms with van der Waals surface area (Å²) in [6, 6.07) is 0. The number of esters is 1. The van der Waals surface area contributed by atoms with Crippen LogP contribution in [0.25, 0.3) is 0 Å². The van der Waals surface area contributed by atoms with E-state index in [2.05, 4.69) is 39.8 Å². The molecule has 0 aromatic carbocycles. The van der Waals surface area contributed by atoms with Gasteiger partial charge in [-0.15, -0.1) is 0 Å². The van der Waals surface area contributed by atoms with Crippen molar-refractivity contribution < 1.29 is 34.0 Å². The normalized spacial score (nSPS) is 48.7. The van der Waals surface area contributed by atoms with Crippen molar-refractivity contribution in [3.8, 4) is 0 Å². The molecule has 0 aromatic rings. The third kappa shape index (κ3) is 5.58. The minimum absolute atomic E-state index is 0.104. The van der Waals surface area contributed by atoms with E-state index in [1.54, 1.807) is 13.0 Å².